The summed E-state index contributed by atoms with van der Waals surface area (Å²) in [6.45, 7) is 0.812. The maximum absolute atomic E-state index is 12.6. The number of rotatable bonds is 4. The largest absolute Gasteiger partial charge is 0.465 e. The lowest BCUT2D eigenvalue weighted by Gasteiger charge is -2.18. The second kappa shape index (κ2) is 7.48. The zero-order chi connectivity index (χ0) is 19.5. The lowest BCUT2D eigenvalue weighted by Crippen LogP contribution is -2.18. The van der Waals surface area contributed by atoms with Crippen molar-refractivity contribution >= 4 is 29.1 Å². The number of carbonyl (C=O) groups excluding carboxylic acids is 2. The molecule has 1 aliphatic heterocycles. The predicted octanol–water partition coefficient (Wildman–Crippen LogP) is 3.21. The normalized spacial score (nSPS) is 12.4. The van der Waals surface area contributed by atoms with Crippen LogP contribution in [0.15, 0.2) is 60.9 Å². The molecule has 2 heterocycles. The number of nitrogens with one attached hydrogen (secondary N) is 1. The summed E-state index contributed by atoms with van der Waals surface area (Å²) in [4.78, 5) is 34.6. The Kier molecular flexibility index (Phi) is 4.72. The first-order chi connectivity index (χ1) is 13.7. The Morgan fingerprint density at radius 3 is 2.64 bits per heavy atom. The lowest BCUT2D eigenvalue weighted by atomic mass is 10.2. The molecule has 4 rings (SSSR count). The Labute approximate surface area is 162 Å². The van der Waals surface area contributed by atoms with E-state index in [1.165, 1.54) is 19.0 Å². The van der Waals surface area contributed by atoms with Gasteiger partial charge in [0.25, 0.3) is 5.91 Å². The van der Waals surface area contributed by atoms with Crippen LogP contribution in [-0.2, 0) is 11.2 Å². The van der Waals surface area contributed by atoms with Gasteiger partial charge in [-0.15, -0.1) is 0 Å². The molecule has 1 aliphatic rings. The van der Waals surface area contributed by atoms with Gasteiger partial charge in [0.15, 0.2) is 0 Å². The first-order valence-corrected chi connectivity index (χ1v) is 8.83. The summed E-state index contributed by atoms with van der Waals surface area (Å²) < 4.78 is 4.67. The summed E-state index contributed by atoms with van der Waals surface area (Å²) in [6.07, 6.45) is 2.33. The third kappa shape index (κ3) is 3.42. The summed E-state index contributed by atoms with van der Waals surface area (Å²) >= 11 is 0. The number of nitrogens with zero attached hydrogens (tertiary/aromatic N) is 3. The van der Waals surface area contributed by atoms with Crippen LogP contribution < -0.4 is 10.2 Å². The van der Waals surface area contributed by atoms with Gasteiger partial charge in [0.05, 0.1) is 12.7 Å². The van der Waals surface area contributed by atoms with E-state index in [1.807, 2.05) is 18.2 Å². The average molecular weight is 374 g/mol. The fourth-order valence-corrected chi connectivity index (χ4v) is 3.20. The third-order valence-electron chi connectivity index (χ3n) is 4.61. The van der Waals surface area contributed by atoms with Crippen molar-refractivity contribution < 1.29 is 14.3 Å². The molecule has 0 bridgehead atoms. The summed E-state index contributed by atoms with van der Waals surface area (Å²) in [7, 11) is 1.32. The number of carbonyl (C=O) groups is 2. The van der Waals surface area contributed by atoms with Crippen LogP contribution in [0.3, 0.4) is 0 Å². The number of methoxy groups -OCH3 is 1. The van der Waals surface area contributed by atoms with E-state index in [0.29, 0.717) is 17.1 Å². The summed E-state index contributed by atoms with van der Waals surface area (Å²) in [6, 6.07) is 16.3. The van der Waals surface area contributed by atoms with Crippen molar-refractivity contribution in [1.82, 2.24) is 9.97 Å². The quantitative estimate of drug-likeness (QED) is 0.706. The van der Waals surface area contributed by atoms with Gasteiger partial charge >= 0.3 is 5.97 Å². The fourth-order valence-electron chi connectivity index (χ4n) is 3.20. The topological polar surface area (TPSA) is 84.4 Å². The van der Waals surface area contributed by atoms with E-state index in [4.69, 9.17) is 0 Å². The molecule has 1 amide bonds. The first-order valence-electron chi connectivity index (χ1n) is 8.83. The van der Waals surface area contributed by atoms with Crippen molar-refractivity contribution in [1.29, 1.82) is 0 Å². The van der Waals surface area contributed by atoms with Gasteiger partial charge in [0.2, 0.25) is 0 Å². The minimum absolute atomic E-state index is 0.270. The highest BCUT2D eigenvalue weighted by Gasteiger charge is 2.22. The van der Waals surface area contributed by atoms with Crippen LogP contribution >= 0.6 is 0 Å². The Morgan fingerprint density at radius 1 is 1.07 bits per heavy atom. The number of anilines is 3. The Morgan fingerprint density at radius 2 is 1.86 bits per heavy atom. The molecule has 0 aliphatic carbocycles. The number of fused-ring (bicyclic) bond motifs is 1. The molecule has 28 heavy (non-hydrogen) atoms. The van der Waals surface area contributed by atoms with Crippen molar-refractivity contribution in [3.05, 3.63) is 77.7 Å². The van der Waals surface area contributed by atoms with Gasteiger partial charge in [0, 0.05) is 24.0 Å². The molecule has 7 heteroatoms. The number of ether oxygens (including phenoxy) is 1. The van der Waals surface area contributed by atoms with Crippen molar-refractivity contribution in [2.45, 2.75) is 6.42 Å². The van der Waals surface area contributed by atoms with Crippen LogP contribution in [0.5, 0.6) is 0 Å². The van der Waals surface area contributed by atoms with Crippen LogP contribution in [0.25, 0.3) is 0 Å². The Balaban J connectivity index is 1.52. The molecule has 0 saturated carbocycles. The lowest BCUT2D eigenvalue weighted by molar-refractivity contribution is 0.0600. The maximum Gasteiger partial charge on any atom is 0.337 e. The van der Waals surface area contributed by atoms with Gasteiger partial charge in [-0.05, 0) is 42.3 Å². The second-order valence-electron chi connectivity index (χ2n) is 6.31. The molecule has 1 N–H and O–H groups in total. The van der Waals surface area contributed by atoms with Crippen molar-refractivity contribution in [3.8, 4) is 0 Å². The molecule has 0 spiro atoms. The van der Waals surface area contributed by atoms with E-state index in [1.54, 1.807) is 30.3 Å². The molecule has 7 nitrogen and oxygen atoms in total. The standard InChI is InChI=1S/C21H18N4O3/c1-28-21(27)15-6-8-16(9-7-15)24-20(26)17-12-19(23-13-22-17)25-11-10-14-4-2-3-5-18(14)25/h2-9,12-13H,10-11H2,1H3,(H,24,26). The SMILES string of the molecule is COC(=O)c1ccc(NC(=O)c2cc(N3CCc4ccccc43)ncn2)cc1. The van der Waals surface area contributed by atoms with E-state index in [0.717, 1.165) is 18.7 Å². The predicted molar refractivity (Wildman–Crippen MR) is 105 cm³/mol. The average Bonchev–Trinajstić information content (AvgIpc) is 3.18. The zero-order valence-corrected chi connectivity index (χ0v) is 15.3. The summed E-state index contributed by atoms with van der Waals surface area (Å²) in [5.41, 5.74) is 3.61. The molecule has 140 valence electrons. The van der Waals surface area contributed by atoms with Crippen LogP contribution in [0.4, 0.5) is 17.2 Å². The molecule has 0 fully saturated rings. The highest BCUT2D eigenvalue weighted by Crippen LogP contribution is 2.33. The van der Waals surface area contributed by atoms with Gasteiger partial charge in [-0.25, -0.2) is 14.8 Å². The Bertz CT molecular complexity index is 1030. The number of amides is 1. The highest BCUT2D eigenvalue weighted by atomic mass is 16.5. The van der Waals surface area contributed by atoms with Crippen molar-refractivity contribution in [3.63, 3.8) is 0 Å². The maximum atomic E-state index is 12.6. The number of esters is 1. The van der Waals surface area contributed by atoms with E-state index >= 15 is 0 Å². The van der Waals surface area contributed by atoms with Gasteiger partial charge in [0.1, 0.15) is 17.8 Å². The smallest absolute Gasteiger partial charge is 0.337 e. The third-order valence-corrected chi connectivity index (χ3v) is 4.61. The summed E-state index contributed by atoms with van der Waals surface area (Å²) in [5.74, 6) is -0.0858. The van der Waals surface area contributed by atoms with E-state index in [9.17, 15) is 9.59 Å². The molecule has 0 unspecified atom stereocenters. The number of para-hydroxylation sites is 1. The van der Waals surface area contributed by atoms with Crippen molar-refractivity contribution in [2.75, 3.05) is 23.9 Å². The van der Waals surface area contributed by atoms with Crippen molar-refractivity contribution in [2.24, 2.45) is 0 Å². The monoisotopic (exact) mass is 374 g/mol. The van der Waals surface area contributed by atoms with Crippen LogP contribution in [0, 0.1) is 0 Å². The summed E-state index contributed by atoms with van der Waals surface area (Å²) in [5, 5.41) is 2.78. The van der Waals surface area contributed by atoms with Gasteiger partial charge in [-0.2, -0.15) is 0 Å². The van der Waals surface area contributed by atoms with E-state index < -0.39 is 5.97 Å². The van der Waals surface area contributed by atoms with Gasteiger partial charge in [-0.1, -0.05) is 18.2 Å². The first kappa shape index (κ1) is 17.7. The molecule has 3 aromatic rings. The van der Waals surface area contributed by atoms with Crippen LogP contribution in [-0.4, -0.2) is 35.5 Å². The molecule has 2 aromatic carbocycles. The molecular weight excluding hydrogens is 356 g/mol. The molecule has 0 radical (unpaired) electrons. The zero-order valence-electron chi connectivity index (χ0n) is 15.3. The Hall–Kier alpha value is -3.74. The van der Waals surface area contributed by atoms with E-state index in [2.05, 4.69) is 31.0 Å². The van der Waals surface area contributed by atoms with E-state index in [-0.39, 0.29) is 11.6 Å². The van der Waals surface area contributed by atoms with Crippen LogP contribution in [0.1, 0.15) is 26.4 Å². The van der Waals surface area contributed by atoms with Gasteiger partial charge < -0.3 is 15.0 Å². The van der Waals surface area contributed by atoms with Crippen LogP contribution in [0.2, 0.25) is 0 Å². The minimum atomic E-state index is -0.427. The highest BCUT2D eigenvalue weighted by molar-refractivity contribution is 6.03. The molecule has 0 atom stereocenters. The second-order valence-corrected chi connectivity index (χ2v) is 6.31. The molecular formula is C21H18N4O3. The fraction of sp³-hybridized carbons (Fsp3) is 0.143. The number of benzene rings is 2. The number of hydrogen-bond acceptors (Lipinski definition) is 6. The van der Waals surface area contributed by atoms with Gasteiger partial charge in [-0.3, -0.25) is 4.79 Å². The number of hydrogen-bond donors (Lipinski definition) is 1. The molecule has 0 saturated heterocycles. The minimum Gasteiger partial charge on any atom is -0.465 e. The number of aromatic nitrogens is 2. The molecule has 1 aromatic heterocycles.